The van der Waals surface area contributed by atoms with Crippen LogP contribution in [0.5, 0.6) is 0 Å². The Balaban J connectivity index is 2.22. The third-order valence-corrected chi connectivity index (χ3v) is 4.80. The number of amides is 1. The van der Waals surface area contributed by atoms with E-state index in [4.69, 9.17) is 32.7 Å². The zero-order valence-electron chi connectivity index (χ0n) is 14.7. The SMILES string of the molecule is CCOC(=O)CC(=O)[C@@H]1CCN(C(=O)OC)[C@@H](c2cc(Cl)cc(Cl)c2)C1. The Morgan fingerprint density at radius 2 is 1.85 bits per heavy atom. The zero-order chi connectivity index (χ0) is 19.3. The predicted octanol–water partition coefficient (Wildman–Crippen LogP) is 4.04. The first-order valence-electron chi connectivity index (χ1n) is 8.34. The highest BCUT2D eigenvalue weighted by Gasteiger charge is 2.36. The van der Waals surface area contributed by atoms with E-state index in [2.05, 4.69) is 0 Å². The van der Waals surface area contributed by atoms with Gasteiger partial charge >= 0.3 is 12.1 Å². The van der Waals surface area contributed by atoms with Gasteiger partial charge in [-0.3, -0.25) is 9.59 Å². The van der Waals surface area contributed by atoms with Gasteiger partial charge in [0.1, 0.15) is 12.2 Å². The van der Waals surface area contributed by atoms with Crippen molar-refractivity contribution in [1.29, 1.82) is 0 Å². The summed E-state index contributed by atoms with van der Waals surface area (Å²) in [6.45, 7) is 2.26. The maximum absolute atomic E-state index is 12.5. The number of halogens is 2. The van der Waals surface area contributed by atoms with Gasteiger partial charge in [-0.2, -0.15) is 0 Å². The summed E-state index contributed by atoms with van der Waals surface area (Å²) in [5, 5.41) is 0.884. The van der Waals surface area contributed by atoms with Crippen molar-refractivity contribution in [3.8, 4) is 0 Å². The minimum Gasteiger partial charge on any atom is -0.466 e. The van der Waals surface area contributed by atoms with Gasteiger partial charge in [-0.15, -0.1) is 0 Å². The topological polar surface area (TPSA) is 72.9 Å². The molecule has 0 bridgehead atoms. The maximum Gasteiger partial charge on any atom is 0.409 e. The molecule has 0 saturated carbocycles. The number of hydrogen-bond acceptors (Lipinski definition) is 5. The van der Waals surface area contributed by atoms with Crippen LogP contribution in [0.4, 0.5) is 4.79 Å². The van der Waals surface area contributed by atoms with Gasteiger partial charge in [-0.05, 0) is 43.5 Å². The summed E-state index contributed by atoms with van der Waals surface area (Å²) >= 11 is 12.2. The standard InChI is InChI=1S/C18H21Cl2NO5/c1-3-26-17(23)10-16(22)11-4-5-21(18(24)25-2)15(8-11)12-6-13(19)9-14(20)7-12/h6-7,9,11,15H,3-5,8,10H2,1-2H3/t11-,15-/m1/s1. The Morgan fingerprint density at radius 1 is 1.19 bits per heavy atom. The second-order valence-electron chi connectivity index (χ2n) is 6.05. The fraction of sp³-hybridized carbons (Fsp3) is 0.500. The average Bonchev–Trinajstić information content (AvgIpc) is 2.59. The molecule has 1 aromatic rings. The molecule has 0 radical (unpaired) electrons. The lowest BCUT2D eigenvalue weighted by molar-refractivity contribution is -0.146. The largest absolute Gasteiger partial charge is 0.466 e. The van der Waals surface area contributed by atoms with E-state index in [1.54, 1.807) is 30.0 Å². The molecule has 1 aromatic carbocycles. The Labute approximate surface area is 162 Å². The van der Waals surface area contributed by atoms with Gasteiger partial charge in [0.2, 0.25) is 0 Å². The summed E-state index contributed by atoms with van der Waals surface area (Å²) < 4.78 is 9.70. The van der Waals surface area contributed by atoms with Crippen LogP contribution in [0, 0.1) is 5.92 Å². The molecule has 1 aliphatic heterocycles. The maximum atomic E-state index is 12.5. The third-order valence-electron chi connectivity index (χ3n) is 4.36. The molecule has 6 nitrogen and oxygen atoms in total. The summed E-state index contributed by atoms with van der Waals surface area (Å²) in [6, 6.07) is 4.61. The van der Waals surface area contributed by atoms with Crippen LogP contribution < -0.4 is 0 Å². The number of carbonyl (C=O) groups excluding carboxylic acids is 3. The van der Waals surface area contributed by atoms with Crippen LogP contribution in [-0.4, -0.2) is 43.0 Å². The summed E-state index contributed by atoms with van der Waals surface area (Å²) in [5.41, 5.74) is 0.724. The monoisotopic (exact) mass is 401 g/mol. The number of benzene rings is 1. The molecule has 8 heteroatoms. The summed E-state index contributed by atoms with van der Waals surface area (Å²) in [5.74, 6) is -1.08. The molecule has 1 aliphatic rings. The van der Waals surface area contributed by atoms with Gasteiger partial charge < -0.3 is 14.4 Å². The fourth-order valence-corrected chi connectivity index (χ4v) is 3.72. The van der Waals surface area contributed by atoms with Crippen LogP contribution in [0.2, 0.25) is 10.0 Å². The van der Waals surface area contributed by atoms with Crippen LogP contribution in [0.15, 0.2) is 18.2 Å². The molecule has 0 spiro atoms. The molecule has 2 atom stereocenters. The summed E-state index contributed by atoms with van der Waals surface area (Å²) in [6.07, 6.45) is 0.0735. The van der Waals surface area contributed by atoms with Gasteiger partial charge in [-0.1, -0.05) is 23.2 Å². The molecule has 0 aliphatic carbocycles. The first-order valence-corrected chi connectivity index (χ1v) is 9.10. The Morgan fingerprint density at radius 3 is 2.42 bits per heavy atom. The molecule has 1 amide bonds. The number of nitrogens with zero attached hydrogens (tertiary/aromatic N) is 1. The number of methoxy groups -OCH3 is 1. The van der Waals surface area contributed by atoms with E-state index in [1.165, 1.54) is 7.11 Å². The van der Waals surface area contributed by atoms with E-state index in [1.807, 2.05) is 0 Å². The van der Waals surface area contributed by atoms with Crippen molar-refractivity contribution < 1.29 is 23.9 Å². The molecule has 0 unspecified atom stereocenters. The van der Waals surface area contributed by atoms with Crippen molar-refractivity contribution in [3.05, 3.63) is 33.8 Å². The molecule has 142 valence electrons. The molecular formula is C18H21Cl2NO5. The molecule has 0 N–H and O–H groups in total. The molecule has 2 rings (SSSR count). The summed E-state index contributed by atoms with van der Waals surface area (Å²) in [4.78, 5) is 37.7. The molecule has 1 saturated heterocycles. The Hall–Kier alpha value is -1.79. The van der Waals surface area contributed by atoms with Crippen molar-refractivity contribution >= 4 is 41.0 Å². The third kappa shape index (κ3) is 5.11. The Bertz CT molecular complexity index is 674. The smallest absolute Gasteiger partial charge is 0.409 e. The number of ketones is 1. The highest BCUT2D eigenvalue weighted by atomic mass is 35.5. The number of carbonyl (C=O) groups is 3. The van der Waals surface area contributed by atoms with Crippen LogP contribution in [-0.2, 0) is 19.1 Å². The van der Waals surface area contributed by atoms with Gasteiger partial charge in [0.25, 0.3) is 0 Å². The lowest BCUT2D eigenvalue weighted by Crippen LogP contribution is -2.43. The normalized spacial score (nSPS) is 19.8. The molecule has 26 heavy (non-hydrogen) atoms. The van der Waals surface area contributed by atoms with Crippen molar-refractivity contribution in [2.45, 2.75) is 32.2 Å². The second-order valence-corrected chi connectivity index (χ2v) is 6.92. The molecule has 1 fully saturated rings. The number of likely N-dealkylation sites (tertiary alicyclic amines) is 1. The van der Waals surface area contributed by atoms with E-state index in [-0.39, 0.29) is 24.7 Å². The summed E-state index contributed by atoms with van der Waals surface area (Å²) in [7, 11) is 1.31. The van der Waals surface area contributed by atoms with Crippen molar-refractivity contribution in [2.75, 3.05) is 20.3 Å². The first-order chi connectivity index (χ1) is 12.3. The highest BCUT2D eigenvalue weighted by Crippen LogP contribution is 2.37. The van der Waals surface area contributed by atoms with Gasteiger partial charge in [0.15, 0.2) is 0 Å². The number of rotatable bonds is 5. The second kappa shape index (κ2) is 9.24. The minimum atomic E-state index is -0.532. The fourth-order valence-electron chi connectivity index (χ4n) is 3.18. The predicted molar refractivity (Wildman–Crippen MR) is 97.3 cm³/mol. The molecular weight excluding hydrogens is 381 g/mol. The van der Waals surface area contributed by atoms with E-state index in [0.717, 1.165) is 5.56 Å². The van der Waals surface area contributed by atoms with E-state index in [9.17, 15) is 14.4 Å². The van der Waals surface area contributed by atoms with Gasteiger partial charge in [-0.25, -0.2) is 4.79 Å². The van der Waals surface area contributed by atoms with E-state index >= 15 is 0 Å². The van der Waals surface area contributed by atoms with Crippen molar-refractivity contribution in [2.24, 2.45) is 5.92 Å². The molecule has 1 heterocycles. The number of hydrogen-bond donors (Lipinski definition) is 0. The lowest BCUT2D eigenvalue weighted by atomic mass is 9.84. The number of esters is 1. The number of piperidine rings is 1. The van der Waals surface area contributed by atoms with Crippen molar-refractivity contribution in [3.63, 3.8) is 0 Å². The van der Waals surface area contributed by atoms with Crippen LogP contribution in [0.1, 0.15) is 37.8 Å². The minimum absolute atomic E-state index is 0.189. The van der Waals surface area contributed by atoms with E-state index in [0.29, 0.717) is 29.4 Å². The zero-order valence-corrected chi connectivity index (χ0v) is 16.2. The van der Waals surface area contributed by atoms with Crippen molar-refractivity contribution in [1.82, 2.24) is 4.90 Å². The van der Waals surface area contributed by atoms with E-state index < -0.39 is 18.1 Å². The number of Topliss-reactive ketones (excluding diaryl/α,β-unsaturated/α-hetero) is 1. The quantitative estimate of drug-likeness (QED) is 0.549. The average molecular weight is 402 g/mol. The molecule has 0 aromatic heterocycles. The van der Waals surface area contributed by atoms with Gasteiger partial charge in [0.05, 0.1) is 19.8 Å². The van der Waals surface area contributed by atoms with Crippen LogP contribution >= 0.6 is 23.2 Å². The van der Waals surface area contributed by atoms with Crippen LogP contribution in [0.3, 0.4) is 0 Å². The van der Waals surface area contributed by atoms with Gasteiger partial charge in [0, 0.05) is 22.5 Å². The van der Waals surface area contributed by atoms with Crippen LogP contribution in [0.25, 0.3) is 0 Å². The Kier molecular flexibility index (Phi) is 7.29. The number of ether oxygens (including phenoxy) is 2. The lowest BCUT2D eigenvalue weighted by Gasteiger charge is -2.38. The highest BCUT2D eigenvalue weighted by molar-refractivity contribution is 6.34. The first kappa shape index (κ1) is 20.5.